The van der Waals surface area contributed by atoms with Gasteiger partial charge in [0.2, 0.25) is 0 Å². The van der Waals surface area contributed by atoms with Crippen LogP contribution in [0, 0.1) is 0 Å². The van der Waals surface area contributed by atoms with Crippen molar-refractivity contribution in [2.24, 2.45) is 5.73 Å². The van der Waals surface area contributed by atoms with Crippen molar-refractivity contribution >= 4 is 11.8 Å². The highest BCUT2D eigenvalue weighted by Gasteiger charge is 2.21. The van der Waals surface area contributed by atoms with E-state index < -0.39 is 0 Å². The lowest BCUT2D eigenvalue weighted by Crippen LogP contribution is -2.41. The van der Waals surface area contributed by atoms with E-state index in [-0.39, 0.29) is 0 Å². The van der Waals surface area contributed by atoms with Gasteiger partial charge in [-0.1, -0.05) is 13.8 Å². The molecule has 3 heteroatoms. The Balaban J connectivity index is 2.17. The minimum absolute atomic E-state index is 0.365. The summed E-state index contributed by atoms with van der Waals surface area (Å²) in [6, 6.07) is 0.365. The quantitative estimate of drug-likeness (QED) is 0.779. The lowest BCUT2D eigenvalue weighted by Gasteiger charge is -2.34. The smallest absolute Gasteiger partial charge is 0.0149 e. The highest BCUT2D eigenvalue weighted by molar-refractivity contribution is 8.00. The van der Waals surface area contributed by atoms with Gasteiger partial charge in [-0.2, -0.15) is 11.8 Å². The summed E-state index contributed by atoms with van der Waals surface area (Å²) in [6.07, 6.45) is 2.41. The molecule has 0 aliphatic carbocycles. The molecule has 1 heterocycles. The van der Waals surface area contributed by atoms with E-state index in [1.165, 1.54) is 26.1 Å². The van der Waals surface area contributed by atoms with Crippen LogP contribution in [0.2, 0.25) is 0 Å². The molecule has 2 N–H and O–H groups in total. The second kappa shape index (κ2) is 5.99. The van der Waals surface area contributed by atoms with Crippen molar-refractivity contribution in [3.8, 4) is 0 Å². The predicted octanol–water partition coefficient (Wildman–Crippen LogP) is 1.94. The van der Waals surface area contributed by atoms with E-state index in [0.717, 1.165) is 16.9 Å². The van der Waals surface area contributed by atoms with E-state index in [2.05, 4.69) is 37.4 Å². The average molecular weight is 216 g/mol. The monoisotopic (exact) mass is 216 g/mol. The molecule has 0 amide bonds. The third kappa shape index (κ3) is 4.67. The fraction of sp³-hybridized carbons (Fsp3) is 1.00. The minimum Gasteiger partial charge on any atom is -0.328 e. The Bertz CT molecular complexity index is 151. The number of rotatable bonds is 4. The first-order chi connectivity index (χ1) is 6.58. The molecule has 2 nitrogen and oxygen atoms in total. The van der Waals surface area contributed by atoms with Gasteiger partial charge in [0, 0.05) is 29.6 Å². The Morgan fingerprint density at radius 2 is 1.93 bits per heavy atom. The molecular formula is C11H24N2S. The van der Waals surface area contributed by atoms with Crippen molar-refractivity contribution in [1.29, 1.82) is 0 Å². The van der Waals surface area contributed by atoms with E-state index in [9.17, 15) is 0 Å². The molecule has 84 valence electrons. The third-order valence-electron chi connectivity index (χ3n) is 2.63. The van der Waals surface area contributed by atoms with Gasteiger partial charge in [0.05, 0.1) is 0 Å². The predicted molar refractivity (Wildman–Crippen MR) is 65.8 cm³/mol. The summed E-state index contributed by atoms with van der Waals surface area (Å²) in [5, 5.41) is 1.60. The molecule has 1 fully saturated rings. The van der Waals surface area contributed by atoms with E-state index >= 15 is 0 Å². The van der Waals surface area contributed by atoms with Crippen molar-refractivity contribution in [2.45, 2.75) is 50.2 Å². The van der Waals surface area contributed by atoms with Gasteiger partial charge in [-0.3, -0.25) is 0 Å². The summed E-state index contributed by atoms with van der Waals surface area (Å²) in [4.78, 5) is 2.59. The molecule has 0 saturated carbocycles. The minimum atomic E-state index is 0.365. The van der Waals surface area contributed by atoms with Crippen LogP contribution in [0.1, 0.15) is 33.6 Å². The highest BCUT2D eigenvalue weighted by atomic mass is 32.2. The zero-order valence-electron chi connectivity index (χ0n) is 9.70. The number of nitrogens with two attached hydrogens (primary N) is 1. The molecule has 0 aromatic rings. The van der Waals surface area contributed by atoms with Crippen LogP contribution in [0.15, 0.2) is 0 Å². The average Bonchev–Trinajstić information content (AvgIpc) is 2.01. The van der Waals surface area contributed by atoms with E-state index in [0.29, 0.717) is 6.04 Å². The van der Waals surface area contributed by atoms with Gasteiger partial charge in [-0.25, -0.2) is 0 Å². The molecule has 3 unspecified atom stereocenters. The first-order valence-corrected chi connectivity index (χ1v) is 6.65. The van der Waals surface area contributed by atoms with Crippen molar-refractivity contribution in [3.63, 3.8) is 0 Å². The van der Waals surface area contributed by atoms with Gasteiger partial charge in [0.25, 0.3) is 0 Å². The molecule has 1 rings (SSSR count). The Hall–Kier alpha value is 0.270. The van der Waals surface area contributed by atoms with Crippen LogP contribution in [-0.4, -0.2) is 41.1 Å². The molecular weight excluding hydrogens is 192 g/mol. The van der Waals surface area contributed by atoms with E-state index in [1.807, 2.05) is 0 Å². The van der Waals surface area contributed by atoms with Crippen LogP contribution in [0.4, 0.5) is 0 Å². The lowest BCUT2D eigenvalue weighted by molar-refractivity contribution is 0.263. The van der Waals surface area contributed by atoms with Gasteiger partial charge in [-0.15, -0.1) is 0 Å². The van der Waals surface area contributed by atoms with Crippen LogP contribution in [0.3, 0.4) is 0 Å². The number of thioether (sulfide) groups is 1. The second-order valence-corrected chi connectivity index (χ2v) is 6.52. The van der Waals surface area contributed by atoms with Gasteiger partial charge >= 0.3 is 0 Å². The maximum atomic E-state index is 5.74. The van der Waals surface area contributed by atoms with Crippen molar-refractivity contribution in [1.82, 2.24) is 4.90 Å². The Kier molecular flexibility index (Phi) is 5.28. The van der Waals surface area contributed by atoms with Gasteiger partial charge in [0.15, 0.2) is 0 Å². The van der Waals surface area contributed by atoms with Crippen LogP contribution < -0.4 is 5.73 Å². The van der Waals surface area contributed by atoms with E-state index in [1.54, 1.807) is 0 Å². The third-order valence-corrected chi connectivity index (χ3v) is 3.86. The molecule has 0 aromatic heterocycles. The molecule has 1 aliphatic rings. The molecule has 0 bridgehead atoms. The highest BCUT2D eigenvalue weighted by Crippen LogP contribution is 2.24. The van der Waals surface area contributed by atoms with Crippen molar-refractivity contribution in [3.05, 3.63) is 0 Å². The lowest BCUT2D eigenvalue weighted by atomic mass is 10.2. The SMILES string of the molecule is CC(N)CCCN1CC(C)SC(C)C1. The molecule has 1 saturated heterocycles. The summed E-state index contributed by atoms with van der Waals surface area (Å²) < 4.78 is 0. The fourth-order valence-corrected chi connectivity index (χ4v) is 3.49. The molecule has 0 spiro atoms. The normalized spacial score (nSPS) is 31.7. The molecule has 0 radical (unpaired) electrons. The Labute approximate surface area is 92.6 Å². The standard InChI is InChI=1S/C11H24N2S/c1-9(12)5-4-6-13-7-10(2)14-11(3)8-13/h9-11H,4-8,12H2,1-3H3. The van der Waals surface area contributed by atoms with Crippen LogP contribution >= 0.6 is 11.8 Å². The molecule has 3 atom stereocenters. The molecule has 0 aromatic carbocycles. The van der Waals surface area contributed by atoms with Gasteiger partial charge < -0.3 is 10.6 Å². The van der Waals surface area contributed by atoms with Crippen LogP contribution in [0.5, 0.6) is 0 Å². The topological polar surface area (TPSA) is 29.3 Å². The number of hydrogen-bond acceptors (Lipinski definition) is 3. The second-order valence-electron chi connectivity index (χ2n) is 4.64. The van der Waals surface area contributed by atoms with Gasteiger partial charge in [0.1, 0.15) is 0 Å². The zero-order chi connectivity index (χ0) is 10.6. The fourth-order valence-electron chi connectivity index (χ4n) is 2.10. The zero-order valence-corrected chi connectivity index (χ0v) is 10.5. The Morgan fingerprint density at radius 1 is 1.36 bits per heavy atom. The molecule has 14 heavy (non-hydrogen) atoms. The summed E-state index contributed by atoms with van der Waals surface area (Å²) in [6.45, 7) is 10.5. The summed E-state index contributed by atoms with van der Waals surface area (Å²) in [7, 11) is 0. The maximum Gasteiger partial charge on any atom is 0.0149 e. The molecule has 1 aliphatic heterocycles. The summed E-state index contributed by atoms with van der Waals surface area (Å²) >= 11 is 2.12. The van der Waals surface area contributed by atoms with Crippen molar-refractivity contribution < 1.29 is 0 Å². The van der Waals surface area contributed by atoms with Gasteiger partial charge in [-0.05, 0) is 26.3 Å². The Morgan fingerprint density at radius 3 is 2.43 bits per heavy atom. The first-order valence-electron chi connectivity index (χ1n) is 5.71. The van der Waals surface area contributed by atoms with Crippen molar-refractivity contribution in [2.75, 3.05) is 19.6 Å². The van der Waals surface area contributed by atoms with Crippen LogP contribution in [-0.2, 0) is 0 Å². The largest absolute Gasteiger partial charge is 0.328 e. The first kappa shape index (κ1) is 12.3. The van der Waals surface area contributed by atoms with E-state index in [4.69, 9.17) is 5.73 Å². The maximum absolute atomic E-state index is 5.74. The number of nitrogens with zero attached hydrogens (tertiary/aromatic N) is 1. The summed E-state index contributed by atoms with van der Waals surface area (Å²) in [5.74, 6) is 0. The van der Waals surface area contributed by atoms with Crippen LogP contribution in [0.25, 0.3) is 0 Å². The number of hydrogen-bond donors (Lipinski definition) is 1. The summed E-state index contributed by atoms with van der Waals surface area (Å²) in [5.41, 5.74) is 5.74.